The Kier molecular flexibility index (Phi) is 5.61. The van der Waals surface area contributed by atoms with Gasteiger partial charge in [-0.05, 0) is 47.9 Å². The van der Waals surface area contributed by atoms with Gasteiger partial charge >= 0.3 is 0 Å². The minimum atomic E-state index is -0.136. The lowest BCUT2D eigenvalue weighted by molar-refractivity contribution is -0.119. The fraction of sp³-hybridized carbons (Fsp3) is 0.160. The third-order valence-electron chi connectivity index (χ3n) is 5.02. The average molecular weight is 384 g/mol. The molecule has 0 spiro atoms. The first-order chi connectivity index (χ1) is 14.2. The summed E-state index contributed by atoms with van der Waals surface area (Å²) in [7, 11) is 0. The van der Waals surface area contributed by atoms with E-state index in [9.17, 15) is 4.79 Å². The van der Waals surface area contributed by atoms with Crippen LogP contribution in [0, 0.1) is 5.92 Å². The standard InChI is InChI=1S/C25H24N2O2/c1-18(15-20-16-26-24-10-6-5-9-23(20)24)25(28)27-21-11-13-22(14-12-21)29-17-19-7-3-2-4-8-19/h2-14,16,18,26H,15,17H2,1H3,(H,27,28). The Balaban J connectivity index is 1.33. The number of benzene rings is 3. The van der Waals surface area contributed by atoms with Crippen LogP contribution in [0.1, 0.15) is 18.1 Å². The van der Waals surface area contributed by atoms with Crippen LogP contribution in [-0.2, 0) is 17.8 Å². The number of hydrogen-bond acceptors (Lipinski definition) is 2. The van der Waals surface area contributed by atoms with Crippen molar-refractivity contribution in [2.24, 2.45) is 5.92 Å². The molecule has 0 radical (unpaired) electrons. The minimum absolute atomic E-state index is 0.00763. The summed E-state index contributed by atoms with van der Waals surface area (Å²) in [5.41, 5.74) is 4.15. The first-order valence-electron chi connectivity index (χ1n) is 9.82. The summed E-state index contributed by atoms with van der Waals surface area (Å²) in [6.07, 6.45) is 2.68. The Labute approximate surface area is 170 Å². The van der Waals surface area contributed by atoms with Gasteiger partial charge in [0.1, 0.15) is 12.4 Å². The average Bonchev–Trinajstić information content (AvgIpc) is 3.17. The molecule has 29 heavy (non-hydrogen) atoms. The maximum absolute atomic E-state index is 12.6. The van der Waals surface area contributed by atoms with Gasteiger partial charge in [-0.2, -0.15) is 0 Å². The molecule has 4 nitrogen and oxygen atoms in total. The van der Waals surface area contributed by atoms with Crippen LogP contribution in [0.4, 0.5) is 5.69 Å². The molecule has 0 aliphatic heterocycles. The predicted octanol–water partition coefficient (Wildman–Crippen LogP) is 5.56. The molecule has 146 valence electrons. The Morgan fingerprint density at radius 2 is 1.69 bits per heavy atom. The zero-order valence-corrected chi connectivity index (χ0v) is 16.4. The van der Waals surface area contributed by atoms with E-state index in [1.54, 1.807) is 0 Å². The predicted molar refractivity (Wildman–Crippen MR) is 117 cm³/mol. The highest BCUT2D eigenvalue weighted by Crippen LogP contribution is 2.22. The number of amides is 1. The molecule has 4 rings (SSSR count). The number of carbonyl (C=O) groups excluding carboxylic acids is 1. The van der Waals surface area contributed by atoms with E-state index in [4.69, 9.17) is 4.74 Å². The van der Waals surface area contributed by atoms with Crippen LogP contribution in [0.25, 0.3) is 10.9 Å². The Morgan fingerprint density at radius 1 is 0.966 bits per heavy atom. The number of anilines is 1. The molecule has 0 aliphatic carbocycles. The summed E-state index contributed by atoms with van der Waals surface area (Å²) in [5, 5.41) is 4.17. The summed E-state index contributed by atoms with van der Waals surface area (Å²) in [6.45, 7) is 2.47. The molecule has 3 aromatic carbocycles. The zero-order valence-electron chi connectivity index (χ0n) is 16.4. The van der Waals surface area contributed by atoms with Crippen LogP contribution >= 0.6 is 0 Å². The second-order valence-electron chi connectivity index (χ2n) is 7.25. The summed E-state index contributed by atoms with van der Waals surface area (Å²) in [4.78, 5) is 15.9. The van der Waals surface area contributed by atoms with Crippen LogP contribution in [0.3, 0.4) is 0 Å². The maximum atomic E-state index is 12.6. The fourth-order valence-corrected chi connectivity index (χ4v) is 3.36. The third kappa shape index (κ3) is 4.66. The van der Waals surface area contributed by atoms with E-state index < -0.39 is 0 Å². The van der Waals surface area contributed by atoms with E-state index >= 15 is 0 Å². The molecule has 0 aliphatic rings. The zero-order chi connectivity index (χ0) is 20.1. The lowest BCUT2D eigenvalue weighted by Gasteiger charge is -2.13. The van der Waals surface area contributed by atoms with Gasteiger partial charge in [-0.3, -0.25) is 4.79 Å². The molecular formula is C25H24N2O2. The molecule has 2 N–H and O–H groups in total. The van der Waals surface area contributed by atoms with Crippen molar-refractivity contribution in [3.63, 3.8) is 0 Å². The number of fused-ring (bicyclic) bond motifs is 1. The minimum Gasteiger partial charge on any atom is -0.489 e. The largest absolute Gasteiger partial charge is 0.489 e. The SMILES string of the molecule is CC(Cc1c[nH]c2ccccc12)C(=O)Nc1ccc(OCc2ccccc2)cc1. The molecule has 1 aromatic heterocycles. The Morgan fingerprint density at radius 3 is 2.48 bits per heavy atom. The number of rotatable bonds is 7. The van der Waals surface area contributed by atoms with Gasteiger partial charge in [0.05, 0.1) is 0 Å². The summed E-state index contributed by atoms with van der Waals surface area (Å²) < 4.78 is 5.79. The van der Waals surface area contributed by atoms with E-state index in [-0.39, 0.29) is 11.8 Å². The number of aromatic nitrogens is 1. The molecule has 0 saturated heterocycles. The maximum Gasteiger partial charge on any atom is 0.227 e. The van der Waals surface area contributed by atoms with E-state index in [0.717, 1.165) is 28.1 Å². The fourth-order valence-electron chi connectivity index (χ4n) is 3.36. The lowest BCUT2D eigenvalue weighted by atomic mass is 10.00. The van der Waals surface area contributed by atoms with E-state index in [1.807, 2.05) is 85.9 Å². The van der Waals surface area contributed by atoms with Crippen molar-refractivity contribution in [3.05, 3.63) is 96.2 Å². The number of para-hydroxylation sites is 1. The van der Waals surface area contributed by atoms with Gasteiger partial charge in [-0.1, -0.05) is 55.5 Å². The Bertz CT molecular complexity index is 1080. The highest BCUT2D eigenvalue weighted by molar-refractivity contribution is 5.93. The van der Waals surface area contributed by atoms with Crippen molar-refractivity contribution in [2.45, 2.75) is 20.0 Å². The van der Waals surface area contributed by atoms with Crippen molar-refractivity contribution in [1.29, 1.82) is 0 Å². The van der Waals surface area contributed by atoms with Gasteiger partial charge in [-0.25, -0.2) is 0 Å². The van der Waals surface area contributed by atoms with Crippen molar-refractivity contribution < 1.29 is 9.53 Å². The molecule has 0 saturated carbocycles. The van der Waals surface area contributed by atoms with Crippen LogP contribution in [0.2, 0.25) is 0 Å². The molecule has 0 bridgehead atoms. The van der Waals surface area contributed by atoms with Gasteiger partial charge < -0.3 is 15.0 Å². The number of aromatic amines is 1. The molecule has 0 fully saturated rings. The third-order valence-corrected chi connectivity index (χ3v) is 5.02. The van der Waals surface area contributed by atoms with Gasteiger partial charge in [0, 0.05) is 28.7 Å². The highest BCUT2D eigenvalue weighted by Gasteiger charge is 2.16. The summed E-state index contributed by atoms with van der Waals surface area (Å²) >= 11 is 0. The van der Waals surface area contributed by atoms with Gasteiger partial charge in [0.2, 0.25) is 5.91 Å². The smallest absolute Gasteiger partial charge is 0.227 e. The molecule has 1 heterocycles. The summed E-state index contributed by atoms with van der Waals surface area (Å²) in [6, 6.07) is 25.7. The van der Waals surface area contributed by atoms with E-state index in [0.29, 0.717) is 13.0 Å². The molecule has 4 heteroatoms. The number of nitrogens with one attached hydrogen (secondary N) is 2. The molecule has 4 aromatic rings. The Hall–Kier alpha value is -3.53. The first-order valence-corrected chi connectivity index (χ1v) is 9.82. The molecule has 1 atom stereocenters. The van der Waals surface area contributed by atoms with Crippen molar-refractivity contribution >= 4 is 22.5 Å². The van der Waals surface area contributed by atoms with Crippen LogP contribution in [-0.4, -0.2) is 10.9 Å². The number of ether oxygens (including phenoxy) is 1. The second kappa shape index (κ2) is 8.65. The van der Waals surface area contributed by atoms with Crippen LogP contribution in [0.15, 0.2) is 85.1 Å². The van der Waals surface area contributed by atoms with Gasteiger partial charge in [0.25, 0.3) is 0 Å². The molecular weight excluding hydrogens is 360 g/mol. The van der Waals surface area contributed by atoms with Crippen LogP contribution < -0.4 is 10.1 Å². The van der Waals surface area contributed by atoms with E-state index in [2.05, 4.69) is 16.4 Å². The number of H-pyrrole nitrogens is 1. The normalized spacial score (nSPS) is 11.9. The van der Waals surface area contributed by atoms with Crippen molar-refractivity contribution in [3.8, 4) is 5.75 Å². The first kappa shape index (κ1) is 18.8. The summed E-state index contributed by atoms with van der Waals surface area (Å²) in [5.74, 6) is 0.648. The quantitative estimate of drug-likeness (QED) is 0.438. The van der Waals surface area contributed by atoms with Crippen molar-refractivity contribution in [2.75, 3.05) is 5.32 Å². The number of carbonyl (C=O) groups is 1. The van der Waals surface area contributed by atoms with Gasteiger partial charge in [-0.15, -0.1) is 0 Å². The second-order valence-corrected chi connectivity index (χ2v) is 7.25. The highest BCUT2D eigenvalue weighted by atomic mass is 16.5. The van der Waals surface area contributed by atoms with Crippen LogP contribution in [0.5, 0.6) is 5.75 Å². The monoisotopic (exact) mass is 384 g/mol. The number of hydrogen-bond donors (Lipinski definition) is 2. The van der Waals surface area contributed by atoms with Crippen molar-refractivity contribution in [1.82, 2.24) is 4.98 Å². The molecule has 1 amide bonds. The van der Waals surface area contributed by atoms with E-state index in [1.165, 1.54) is 5.39 Å². The molecule has 1 unspecified atom stereocenters. The van der Waals surface area contributed by atoms with Gasteiger partial charge in [0.15, 0.2) is 0 Å². The lowest BCUT2D eigenvalue weighted by Crippen LogP contribution is -2.22. The topological polar surface area (TPSA) is 54.1 Å².